The number of benzene rings is 1. The van der Waals surface area contributed by atoms with Gasteiger partial charge in [-0.2, -0.15) is 0 Å². The van der Waals surface area contributed by atoms with Crippen molar-refractivity contribution in [3.8, 4) is 11.6 Å². The standard InChI is InChI=1S/C16H16ClNO3/c1-9(2)13-5-4-12(6-10(13)3)21-15-14(17)7-11(8-18-15)16(19)20/h4-9H,1-3H3,(H,19,20). The number of aromatic carboxylic acids is 1. The van der Waals surface area contributed by atoms with Crippen molar-refractivity contribution in [2.75, 3.05) is 0 Å². The van der Waals surface area contributed by atoms with Crippen molar-refractivity contribution in [3.63, 3.8) is 0 Å². The monoisotopic (exact) mass is 305 g/mol. The lowest BCUT2D eigenvalue weighted by Crippen LogP contribution is -1.99. The van der Waals surface area contributed by atoms with Gasteiger partial charge in [0.2, 0.25) is 5.88 Å². The maximum atomic E-state index is 10.8. The minimum absolute atomic E-state index is 0.0266. The SMILES string of the molecule is Cc1cc(Oc2ncc(C(=O)O)cc2Cl)ccc1C(C)C. The second-order valence-corrected chi connectivity index (χ2v) is 5.50. The van der Waals surface area contributed by atoms with Crippen LogP contribution in [0.2, 0.25) is 5.02 Å². The lowest BCUT2D eigenvalue weighted by molar-refractivity contribution is 0.0696. The molecule has 0 amide bonds. The van der Waals surface area contributed by atoms with Gasteiger partial charge >= 0.3 is 5.97 Å². The fraction of sp³-hybridized carbons (Fsp3) is 0.250. The lowest BCUT2D eigenvalue weighted by Gasteiger charge is -2.12. The number of halogens is 1. The number of hydrogen-bond acceptors (Lipinski definition) is 3. The Labute approximate surface area is 128 Å². The Morgan fingerprint density at radius 3 is 2.57 bits per heavy atom. The molecule has 2 aromatic rings. The zero-order valence-electron chi connectivity index (χ0n) is 12.1. The molecule has 0 unspecified atom stereocenters. The average molecular weight is 306 g/mol. The highest BCUT2D eigenvalue weighted by Crippen LogP contribution is 2.30. The number of hydrogen-bond donors (Lipinski definition) is 1. The van der Waals surface area contributed by atoms with Crippen LogP contribution in [0.3, 0.4) is 0 Å². The second kappa shape index (κ2) is 6.14. The fourth-order valence-electron chi connectivity index (χ4n) is 2.09. The van der Waals surface area contributed by atoms with Gasteiger partial charge < -0.3 is 9.84 Å². The molecule has 0 saturated heterocycles. The average Bonchev–Trinajstić information content (AvgIpc) is 2.40. The Morgan fingerprint density at radius 2 is 2.05 bits per heavy atom. The molecule has 0 radical (unpaired) electrons. The molecule has 0 atom stereocenters. The third-order valence-electron chi connectivity index (χ3n) is 3.13. The van der Waals surface area contributed by atoms with E-state index in [4.69, 9.17) is 21.4 Å². The minimum atomic E-state index is -1.08. The van der Waals surface area contributed by atoms with E-state index in [-0.39, 0.29) is 16.5 Å². The molecule has 1 aromatic carbocycles. The highest BCUT2D eigenvalue weighted by molar-refractivity contribution is 6.32. The van der Waals surface area contributed by atoms with Crippen LogP contribution >= 0.6 is 11.6 Å². The largest absolute Gasteiger partial charge is 0.478 e. The maximum absolute atomic E-state index is 10.8. The van der Waals surface area contributed by atoms with Crippen LogP contribution in [0.25, 0.3) is 0 Å². The van der Waals surface area contributed by atoms with E-state index in [0.29, 0.717) is 11.7 Å². The number of ether oxygens (including phenoxy) is 1. The molecular formula is C16H16ClNO3. The van der Waals surface area contributed by atoms with E-state index in [9.17, 15) is 4.79 Å². The molecule has 1 N–H and O–H groups in total. The van der Waals surface area contributed by atoms with E-state index in [1.54, 1.807) is 0 Å². The van der Waals surface area contributed by atoms with Crippen molar-refractivity contribution >= 4 is 17.6 Å². The number of aryl methyl sites for hydroxylation is 1. The number of carbonyl (C=O) groups is 1. The van der Waals surface area contributed by atoms with Gasteiger partial charge in [-0.3, -0.25) is 0 Å². The molecule has 1 aromatic heterocycles. The van der Waals surface area contributed by atoms with Crippen LogP contribution in [-0.4, -0.2) is 16.1 Å². The summed E-state index contributed by atoms with van der Waals surface area (Å²) in [6.45, 7) is 6.28. The van der Waals surface area contributed by atoms with Crippen molar-refractivity contribution in [3.05, 3.63) is 52.2 Å². The summed E-state index contributed by atoms with van der Waals surface area (Å²) in [6, 6.07) is 7.10. The van der Waals surface area contributed by atoms with Crippen molar-refractivity contribution < 1.29 is 14.6 Å². The highest BCUT2D eigenvalue weighted by Gasteiger charge is 2.11. The zero-order chi connectivity index (χ0) is 15.6. The predicted octanol–water partition coefficient (Wildman–Crippen LogP) is 4.66. The molecule has 110 valence electrons. The lowest BCUT2D eigenvalue weighted by atomic mass is 9.98. The molecule has 0 aliphatic carbocycles. The molecule has 0 fully saturated rings. The Kier molecular flexibility index (Phi) is 4.48. The first-order valence-corrected chi connectivity index (χ1v) is 6.93. The van der Waals surface area contributed by atoms with Gasteiger partial charge in [0.25, 0.3) is 0 Å². The zero-order valence-corrected chi connectivity index (χ0v) is 12.8. The normalized spacial score (nSPS) is 10.7. The molecule has 2 rings (SSSR count). The van der Waals surface area contributed by atoms with Crippen LogP contribution in [0.5, 0.6) is 11.6 Å². The summed E-state index contributed by atoms with van der Waals surface area (Å²) in [7, 11) is 0. The third kappa shape index (κ3) is 3.52. The first kappa shape index (κ1) is 15.3. The van der Waals surface area contributed by atoms with Crippen LogP contribution in [0, 0.1) is 6.92 Å². The molecule has 0 aliphatic rings. The van der Waals surface area contributed by atoms with Crippen molar-refractivity contribution in [2.24, 2.45) is 0 Å². The van der Waals surface area contributed by atoms with E-state index in [2.05, 4.69) is 18.8 Å². The first-order valence-electron chi connectivity index (χ1n) is 6.55. The summed E-state index contributed by atoms with van der Waals surface area (Å²) < 4.78 is 5.62. The summed E-state index contributed by atoms with van der Waals surface area (Å²) in [5.74, 6) is 0.177. The molecule has 21 heavy (non-hydrogen) atoms. The van der Waals surface area contributed by atoms with E-state index in [1.807, 2.05) is 25.1 Å². The molecule has 0 aliphatic heterocycles. The predicted molar refractivity (Wildman–Crippen MR) is 81.5 cm³/mol. The van der Waals surface area contributed by atoms with E-state index in [1.165, 1.54) is 17.8 Å². The van der Waals surface area contributed by atoms with Crippen LogP contribution in [0.4, 0.5) is 0 Å². The quantitative estimate of drug-likeness (QED) is 0.892. The smallest absolute Gasteiger partial charge is 0.337 e. The molecular weight excluding hydrogens is 290 g/mol. The Bertz CT molecular complexity index is 683. The summed E-state index contributed by atoms with van der Waals surface area (Å²) in [4.78, 5) is 14.8. The molecule has 5 heteroatoms. The fourth-order valence-corrected chi connectivity index (χ4v) is 2.29. The Hall–Kier alpha value is -2.07. The summed E-state index contributed by atoms with van der Waals surface area (Å²) in [5, 5.41) is 9.04. The van der Waals surface area contributed by atoms with Gasteiger partial charge in [-0.25, -0.2) is 9.78 Å². The van der Waals surface area contributed by atoms with E-state index in [0.717, 1.165) is 5.56 Å². The van der Waals surface area contributed by atoms with E-state index < -0.39 is 5.97 Å². The van der Waals surface area contributed by atoms with E-state index >= 15 is 0 Å². The molecule has 0 saturated carbocycles. The van der Waals surface area contributed by atoms with Crippen molar-refractivity contribution in [2.45, 2.75) is 26.7 Å². The van der Waals surface area contributed by atoms with Gasteiger partial charge in [-0.05, 0) is 42.2 Å². The van der Waals surface area contributed by atoms with Gasteiger partial charge in [0.05, 0.1) is 5.56 Å². The number of carboxylic acids is 1. The van der Waals surface area contributed by atoms with Gasteiger partial charge in [0.15, 0.2) is 0 Å². The number of carboxylic acid groups (broad SMARTS) is 1. The van der Waals surface area contributed by atoms with Crippen molar-refractivity contribution in [1.82, 2.24) is 4.98 Å². The van der Waals surface area contributed by atoms with Crippen LogP contribution in [0.15, 0.2) is 30.5 Å². The third-order valence-corrected chi connectivity index (χ3v) is 3.40. The van der Waals surface area contributed by atoms with Crippen LogP contribution in [-0.2, 0) is 0 Å². The van der Waals surface area contributed by atoms with Crippen LogP contribution in [0.1, 0.15) is 41.3 Å². The van der Waals surface area contributed by atoms with Gasteiger partial charge in [0, 0.05) is 6.20 Å². The first-order chi connectivity index (χ1) is 9.88. The maximum Gasteiger partial charge on any atom is 0.337 e. The summed E-state index contributed by atoms with van der Waals surface area (Å²) >= 11 is 5.99. The van der Waals surface area contributed by atoms with Gasteiger partial charge in [-0.1, -0.05) is 31.5 Å². The summed E-state index contributed by atoms with van der Waals surface area (Å²) in [6.07, 6.45) is 1.22. The molecule has 4 nitrogen and oxygen atoms in total. The molecule has 1 heterocycles. The second-order valence-electron chi connectivity index (χ2n) is 5.09. The molecule has 0 spiro atoms. The van der Waals surface area contributed by atoms with Gasteiger partial charge in [0.1, 0.15) is 10.8 Å². The topological polar surface area (TPSA) is 59.4 Å². The number of rotatable bonds is 4. The molecule has 0 bridgehead atoms. The number of pyridine rings is 1. The number of aromatic nitrogens is 1. The highest BCUT2D eigenvalue weighted by atomic mass is 35.5. The Morgan fingerprint density at radius 1 is 1.33 bits per heavy atom. The van der Waals surface area contributed by atoms with Gasteiger partial charge in [-0.15, -0.1) is 0 Å². The minimum Gasteiger partial charge on any atom is -0.478 e. The number of nitrogens with zero attached hydrogens (tertiary/aromatic N) is 1. The van der Waals surface area contributed by atoms with Crippen LogP contribution < -0.4 is 4.74 Å². The Balaban J connectivity index is 2.26. The summed E-state index contributed by atoms with van der Waals surface area (Å²) in [5.41, 5.74) is 2.40. The van der Waals surface area contributed by atoms with Crippen molar-refractivity contribution in [1.29, 1.82) is 0 Å².